The zero-order valence-corrected chi connectivity index (χ0v) is 11.0. The van der Waals surface area contributed by atoms with Gasteiger partial charge in [-0.3, -0.25) is 4.79 Å². The Hall–Kier alpha value is -1.24. The van der Waals surface area contributed by atoms with Crippen LogP contribution in [-0.2, 0) is 0 Å². The molecule has 7 heteroatoms. The van der Waals surface area contributed by atoms with Gasteiger partial charge in [0.15, 0.2) is 0 Å². The van der Waals surface area contributed by atoms with E-state index in [9.17, 15) is 18.0 Å². The Morgan fingerprint density at radius 1 is 1.39 bits per heavy atom. The maximum absolute atomic E-state index is 11.9. The Bertz CT molecular complexity index is 404. The first-order valence-corrected chi connectivity index (χ1v) is 5.97. The Kier molecular flexibility index (Phi) is 5.01. The highest BCUT2D eigenvalue weighted by molar-refractivity contribution is 9.09. The van der Waals surface area contributed by atoms with Crippen molar-refractivity contribution in [2.24, 2.45) is 0 Å². The molecule has 3 nitrogen and oxygen atoms in total. The van der Waals surface area contributed by atoms with Crippen molar-refractivity contribution in [3.05, 3.63) is 29.8 Å². The molecule has 0 aliphatic heterocycles. The maximum Gasteiger partial charge on any atom is 0.573 e. The van der Waals surface area contributed by atoms with Crippen LogP contribution in [0.25, 0.3) is 0 Å². The zero-order chi connectivity index (χ0) is 13.8. The number of amides is 1. The molecule has 1 N–H and O–H groups in total. The normalized spacial score (nSPS) is 12.9. The van der Waals surface area contributed by atoms with Crippen molar-refractivity contribution in [2.75, 3.05) is 6.54 Å². The van der Waals surface area contributed by atoms with E-state index < -0.39 is 6.36 Å². The molecular formula is C11H11BrF3NO2. The number of carbonyl (C=O) groups is 1. The SMILES string of the molecule is CC(Br)CNC(=O)c1ccc(OC(F)(F)F)cc1. The van der Waals surface area contributed by atoms with Gasteiger partial charge in [0.1, 0.15) is 5.75 Å². The Labute approximate surface area is 110 Å². The molecule has 0 saturated carbocycles. The van der Waals surface area contributed by atoms with Crippen LogP contribution in [-0.4, -0.2) is 23.6 Å². The van der Waals surface area contributed by atoms with Crippen molar-refractivity contribution < 1.29 is 22.7 Å². The van der Waals surface area contributed by atoms with Gasteiger partial charge in [-0.2, -0.15) is 0 Å². The predicted octanol–water partition coefficient (Wildman–Crippen LogP) is 3.10. The highest BCUT2D eigenvalue weighted by Crippen LogP contribution is 2.22. The van der Waals surface area contributed by atoms with E-state index in [1.165, 1.54) is 12.1 Å². The van der Waals surface area contributed by atoms with E-state index in [4.69, 9.17) is 0 Å². The molecular weight excluding hydrogens is 315 g/mol. The quantitative estimate of drug-likeness (QED) is 0.864. The van der Waals surface area contributed by atoms with Gasteiger partial charge in [-0.05, 0) is 24.3 Å². The number of carbonyl (C=O) groups excluding carboxylic acids is 1. The molecule has 0 aliphatic rings. The summed E-state index contributed by atoms with van der Waals surface area (Å²) < 4.78 is 39.4. The standard InChI is InChI=1S/C11H11BrF3NO2/c1-7(12)6-16-10(17)8-2-4-9(5-3-8)18-11(13,14)15/h2-5,7H,6H2,1H3,(H,16,17). The van der Waals surface area contributed by atoms with Crippen LogP contribution >= 0.6 is 15.9 Å². The Morgan fingerprint density at radius 2 is 1.94 bits per heavy atom. The van der Waals surface area contributed by atoms with Crippen molar-refractivity contribution in [3.8, 4) is 5.75 Å². The average Bonchev–Trinajstić information content (AvgIpc) is 2.24. The fraction of sp³-hybridized carbons (Fsp3) is 0.364. The summed E-state index contributed by atoms with van der Waals surface area (Å²) in [6.07, 6.45) is -4.73. The summed E-state index contributed by atoms with van der Waals surface area (Å²) in [4.78, 5) is 11.7. The Balaban J connectivity index is 2.62. The molecule has 1 aromatic carbocycles. The highest BCUT2D eigenvalue weighted by atomic mass is 79.9. The van der Waals surface area contributed by atoms with Crippen LogP contribution in [0.4, 0.5) is 13.2 Å². The lowest BCUT2D eigenvalue weighted by Crippen LogP contribution is -2.28. The number of ether oxygens (including phenoxy) is 1. The van der Waals surface area contributed by atoms with Gasteiger partial charge in [-0.15, -0.1) is 13.2 Å². The molecule has 0 heterocycles. The molecule has 0 radical (unpaired) electrons. The molecule has 18 heavy (non-hydrogen) atoms. The molecule has 0 aromatic heterocycles. The second-order valence-corrected chi connectivity index (χ2v) is 5.13. The third-order valence-electron chi connectivity index (χ3n) is 1.89. The Morgan fingerprint density at radius 3 is 2.39 bits per heavy atom. The van der Waals surface area contributed by atoms with E-state index in [0.29, 0.717) is 6.54 Å². The van der Waals surface area contributed by atoms with Gasteiger partial charge in [0.25, 0.3) is 5.91 Å². The van der Waals surface area contributed by atoms with Crippen molar-refractivity contribution in [1.29, 1.82) is 0 Å². The molecule has 1 aromatic rings. The fourth-order valence-corrected chi connectivity index (χ4v) is 1.31. The first kappa shape index (κ1) is 14.8. The lowest BCUT2D eigenvalue weighted by atomic mass is 10.2. The predicted molar refractivity (Wildman–Crippen MR) is 63.8 cm³/mol. The average molecular weight is 326 g/mol. The molecule has 1 atom stereocenters. The molecule has 0 fully saturated rings. The number of rotatable bonds is 4. The van der Waals surface area contributed by atoms with Crippen molar-refractivity contribution in [1.82, 2.24) is 5.32 Å². The molecule has 100 valence electrons. The molecule has 0 spiro atoms. The van der Waals surface area contributed by atoms with Crippen LogP contribution < -0.4 is 10.1 Å². The van der Waals surface area contributed by atoms with Gasteiger partial charge < -0.3 is 10.1 Å². The number of benzene rings is 1. The minimum Gasteiger partial charge on any atom is -0.406 e. The maximum atomic E-state index is 11.9. The third kappa shape index (κ3) is 5.39. The van der Waals surface area contributed by atoms with E-state index >= 15 is 0 Å². The summed E-state index contributed by atoms with van der Waals surface area (Å²) in [5, 5.41) is 2.62. The van der Waals surface area contributed by atoms with Gasteiger partial charge in [-0.25, -0.2) is 0 Å². The van der Waals surface area contributed by atoms with Crippen LogP contribution in [0.2, 0.25) is 0 Å². The zero-order valence-electron chi connectivity index (χ0n) is 9.42. The summed E-state index contributed by atoms with van der Waals surface area (Å²) in [6.45, 7) is 2.29. The molecule has 1 unspecified atom stereocenters. The summed E-state index contributed by atoms with van der Waals surface area (Å²) in [5.74, 6) is -0.701. The van der Waals surface area contributed by atoms with E-state index in [-0.39, 0.29) is 22.0 Å². The minimum atomic E-state index is -4.73. The van der Waals surface area contributed by atoms with Crippen molar-refractivity contribution >= 4 is 21.8 Å². The number of nitrogens with one attached hydrogen (secondary N) is 1. The smallest absolute Gasteiger partial charge is 0.406 e. The summed E-state index contributed by atoms with van der Waals surface area (Å²) in [6, 6.07) is 4.74. The van der Waals surface area contributed by atoms with Gasteiger partial charge in [0.05, 0.1) is 0 Å². The van der Waals surface area contributed by atoms with Crippen molar-refractivity contribution in [3.63, 3.8) is 0 Å². The monoisotopic (exact) mass is 325 g/mol. The number of hydrogen-bond donors (Lipinski definition) is 1. The number of halogens is 4. The van der Waals surface area contributed by atoms with E-state index in [1.807, 2.05) is 6.92 Å². The molecule has 1 amide bonds. The largest absolute Gasteiger partial charge is 0.573 e. The topological polar surface area (TPSA) is 38.3 Å². The summed E-state index contributed by atoms with van der Waals surface area (Å²) in [7, 11) is 0. The van der Waals surface area contributed by atoms with Crippen LogP contribution in [0.5, 0.6) is 5.75 Å². The minimum absolute atomic E-state index is 0.120. The highest BCUT2D eigenvalue weighted by Gasteiger charge is 2.31. The van der Waals surface area contributed by atoms with E-state index in [0.717, 1.165) is 12.1 Å². The second kappa shape index (κ2) is 6.08. The molecule has 0 saturated heterocycles. The van der Waals surface area contributed by atoms with Gasteiger partial charge >= 0.3 is 6.36 Å². The lowest BCUT2D eigenvalue weighted by Gasteiger charge is -2.10. The van der Waals surface area contributed by atoms with Gasteiger partial charge in [0, 0.05) is 16.9 Å². The summed E-state index contributed by atoms with van der Waals surface area (Å²) >= 11 is 3.26. The van der Waals surface area contributed by atoms with Crippen LogP contribution in [0.15, 0.2) is 24.3 Å². The first-order chi connectivity index (χ1) is 8.28. The molecule has 0 aliphatic carbocycles. The van der Waals surface area contributed by atoms with E-state index in [2.05, 4.69) is 26.0 Å². The fourth-order valence-electron chi connectivity index (χ4n) is 1.14. The summed E-state index contributed by atoms with van der Waals surface area (Å²) in [5.41, 5.74) is 0.276. The van der Waals surface area contributed by atoms with Crippen LogP contribution in [0.3, 0.4) is 0 Å². The molecule has 0 bridgehead atoms. The van der Waals surface area contributed by atoms with Crippen LogP contribution in [0, 0.1) is 0 Å². The van der Waals surface area contributed by atoms with Crippen LogP contribution in [0.1, 0.15) is 17.3 Å². The lowest BCUT2D eigenvalue weighted by molar-refractivity contribution is -0.274. The second-order valence-electron chi connectivity index (χ2n) is 3.56. The van der Waals surface area contributed by atoms with E-state index in [1.54, 1.807) is 0 Å². The van der Waals surface area contributed by atoms with Gasteiger partial charge in [-0.1, -0.05) is 22.9 Å². The van der Waals surface area contributed by atoms with Gasteiger partial charge in [0.2, 0.25) is 0 Å². The van der Waals surface area contributed by atoms with Crippen molar-refractivity contribution in [2.45, 2.75) is 18.1 Å². The first-order valence-electron chi connectivity index (χ1n) is 5.06. The number of alkyl halides is 4. The molecule has 1 rings (SSSR count). The number of hydrogen-bond acceptors (Lipinski definition) is 2. The third-order valence-corrected chi connectivity index (χ3v) is 2.22.